The molecule has 1 amide bonds. The van der Waals surface area contributed by atoms with Gasteiger partial charge in [0.15, 0.2) is 0 Å². The predicted octanol–water partition coefficient (Wildman–Crippen LogP) is 2.51. The van der Waals surface area contributed by atoms with Crippen molar-refractivity contribution < 1.29 is 4.79 Å². The molecule has 0 spiro atoms. The fraction of sp³-hybridized carbons (Fsp3) is 0.562. The standard InChI is InChI=1S/C16H24N2O/c1-11-7-5-6-8-14(11)15(13-9-10-13)17-12(2)16(19)18(3)4/h5-8,12-13,15,17H,9-10H2,1-4H3/t12-,15+/m1/s1. The zero-order chi connectivity index (χ0) is 14.0. The van der Waals surface area contributed by atoms with E-state index in [-0.39, 0.29) is 11.9 Å². The van der Waals surface area contributed by atoms with Crippen molar-refractivity contribution in [2.24, 2.45) is 5.92 Å². The Bertz CT molecular complexity index is 452. The number of aryl methyl sites for hydroxylation is 1. The zero-order valence-electron chi connectivity index (χ0n) is 12.3. The molecule has 1 saturated carbocycles. The minimum atomic E-state index is -0.139. The van der Waals surface area contributed by atoms with Crippen LogP contribution in [0.5, 0.6) is 0 Å². The highest BCUT2D eigenvalue weighted by atomic mass is 16.2. The SMILES string of the molecule is Cc1ccccc1[C@@H](N[C@H](C)C(=O)N(C)C)C1CC1. The second kappa shape index (κ2) is 5.74. The number of benzene rings is 1. The van der Waals surface area contributed by atoms with E-state index in [9.17, 15) is 4.79 Å². The molecule has 2 atom stereocenters. The summed E-state index contributed by atoms with van der Waals surface area (Å²) in [5.41, 5.74) is 2.64. The van der Waals surface area contributed by atoms with Crippen LogP contribution in [0, 0.1) is 12.8 Å². The van der Waals surface area contributed by atoms with Crippen molar-refractivity contribution in [1.29, 1.82) is 0 Å². The molecule has 0 aliphatic heterocycles. The Morgan fingerprint density at radius 3 is 2.47 bits per heavy atom. The van der Waals surface area contributed by atoms with E-state index in [1.165, 1.54) is 24.0 Å². The van der Waals surface area contributed by atoms with Crippen LogP contribution in [-0.4, -0.2) is 30.9 Å². The molecule has 0 saturated heterocycles. The third kappa shape index (κ3) is 3.35. The quantitative estimate of drug-likeness (QED) is 0.882. The highest BCUT2D eigenvalue weighted by Gasteiger charge is 2.34. The molecule has 2 rings (SSSR count). The predicted molar refractivity (Wildman–Crippen MR) is 77.9 cm³/mol. The minimum absolute atomic E-state index is 0.138. The Kier molecular flexibility index (Phi) is 4.25. The molecule has 0 unspecified atom stereocenters. The van der Waals surface area contributed by atoms with Gasteiger partial charge < -0.3 is 4.90 Å². The van der Waals surface area contributed by atoms with E-state index < -0.39 is 0 Å². The molecule has 104 valence electrons. The Hall–Kier alpha value is -1.35. The van der Waals surface area contributed by atoms with Gasteiger partial charge in [0.05, 0.1) is 6.04 Å². The van der Waals surface area contributed by atoms with Crippen LogP contribution in [0.4, 0.5) is 0 Å². The topological polar surface area (TPSA) is 32.3 Å². The van der Waals surface area contributed by atoms with Crippen molar-refractivity contribution in [3.63, 3.8) is 0 Å². The summed E-state index contributed by atoms with van der Waals surface area (Å²) in [5, 5.41) is 3.53. The third-order valence-corrected chi connectivity index (χ3v) is 3.86. The van der Waals surface area contributed by atoms with Gasteiger partial charge in [0.25, 0.3) is 0 Å². The molecule has 19 heavy (non-hydrogen) atoms. The largest absolute Gasteiger partial charge is 0.347 e. The van der Waals surface area contributed by atoms with Crippen molar-refractivity contribution in [3.8, 4) is 0 Å². The summed E-state index contributed by atoms with van der Waals surface area (Å²) < 4.78 is 0. The highest BCUT2D eigenvalue weighted by Crippen LogP contribution is 2.42. The van der Waals surface area contributed by atoms with Crippen molar-refractivity contribution in [2.75, 3.05) is 14.1 Å². The van der Waals surface area contributed by atoms with Gasteiger partial charge >= 0.3 is 0 Å². The number of nitrogens with one attached hydrogen (secondary N) is 1. The van der Waals surface area contributed by atoms with E-state index in [0.29, 0.717) is 12.0 Å². The average Bonchev–Trinajstić information content (AvgIpc) is 3.20. The fourth-order valence-corrected chi connectivity index (χ4v) is 2.57. The number of carbonyl (C=O) groups excluding carboxylic acids is 1. The number of amides is 1. The van der Waals surface area contributed by atoms with Crippen LogP contribution in [-0.2, 0) is 4.79 Å². The summed E-state index contributed by atoms with van der Waals surface area (Å²) in [7, 11) is 3.61. The second-order valence-electron chi connectivity index (χ2n) is 5.79. The molecule has 1 aliphatic carbocycles. The molecule has 1 aromatic carbocycles. The summed E-state index contributed by atoms with van der Waals surface area (Å²) in [4.78, 5) is 13.7. The molecule has 0 radical (unpaired) electrons. The van der Waals surface area contributed by atoms with Crippen LogP contribution in [0.1, 0.15) is 36.9 Å². The van der Waals surface area contributed by atoms with E-state index in [1.54, 1.807) is 19.0 Å². The number of hydrogen-bond acceptors (Lipinski definition) is 2. The van der Waals surface area contributed by atoms with Crippen LogP contribution in [0.25, 0.3) is 0 Å². The first kappa shape index (κ1) is 14.1. The molecule has 3 heteroatoms. The van der Waals surface area contributed by atoms with E-state index >= 15 is 0 Å². The molecule has 1 N–H and O–H groups in total. The third-order valence-electron chi connectivity index (χ3n) is 3.86. The van der Waals surface area contributed by atoms with Gasteiger partial charge in [-0.05, 0) is 43.7 Å². The Morgan fingerprint density at radius 1 is 1.32 bits per heavy atom. The Morgan fingerprint density at radius 2 is 1.95 bits per heavy atom. The Balaban J connectivity index is 2.14. The highest BCUT2D eigenvalue weighted by molar-refractivity contribution is 5.81. The number of hydrogen-bond donors (Lipinski definition) is 1. The van der Waals surface area contributed by atoms with E-state index in [1.807, 2.05) is 6.92 Å². The maximum atomic E-state index is 12.0. The van der Waals surface area contributed by atoms with E-state index in [2.05, 4.69) is 36.5 Å². The van der Waals surface area contributed by atoms with Crippen LogP contribution in [0.15, 0.2) is 24.3 Å². The normalized spacial score (nSPS) is 17.9. The van der Waals surface area contributed by atoms with Crippen molar-refractivity contribution in [1.82, 2.24) is 10.2 Å². The lowest BCUT2D eigenvalue weighted by atomic mass is 9.97. The van der Waals surface area contributed by atoms with Crippen LogP contribution >= 0.6 is 0 Å². The Labute approximate surface area is 116 Å². The van der Waals surface area contributed by atoms with Crippen molar-refractivity contribution >= 4 is 5.91 Å². The van der Waals surface area contributed by atoms with E-state index in [0.717, 1.165) is 0 Å². The number of likely N-dealkylation sites (N-methyl/N-ethyl adjacent to an activating group) is 1. The van der Waals surface area contributed by atoms with Gasteiger partial charge in [0, 0.05) is 20.1 Å². The fourth-order valence-electron chi connectivity index (χ4n) is 2.57. The molecular formula is C16H24N2O. The lowest BCUT2D eigenvalue weighted by Gasteiger charge is -2.26. The maximum absolute atomic E-state index is 12.0. The van der Waals surface area contributed by atoms with Gasteiger partial charge in [-0.1, -0.05) is 24.3 Å². The molecular weight excluding hydrogens is 236 g/mol. The maximum Gasteiger partial charge on any atom is 0.238 e. The molecule has 0 heterocycles. The average molecular weight is 260 g/mol. The summed E-state index contributed by atoms with van der Waals surface area (Å²) >= 11 is 0. The lowest BCUT2D eigenvalue weighted by molar-refractivity contribution is -0.130. The van der Waals surface area contributed by atoms with Gasteiger partial charge in [-0.2, -0.15) is 0 Å². The molecule has 0 aromatic heterocycles. The smallest absolute Gasteiger partial charge is 0.238 e. The van der Waals surface area contributed by atoms with Crippen molar-refractivity contribution in [2.45, 2.75) is 38.8 Å². The minimum Gasteiger partial charge on any atom is -0.347 e. The number of carbonyl (C=O) groups is 1. The lowest BCUT2D eigenvalue weighted by Crippen LogP contribution is -2.43. The van der Waals surface area contributed by atoms with Crippen molar-refractivity contribution in [3.05, 3.63) is 35.4 Å². The first-order valence-corrected chi connectivity index (χ1v) is 7.03. The van der Waals surface area contributed by atoms with Gasteiger partial charge in [-0.3, -0.25) is 10.1 Å². The second-order valence-corrected chi connectivity index (χ2v) is 5.79. The molecule has 1 aliphatic rings. The van der Waals surface area contributed by atoms with Gasteiger partial charge in [-0.15, -0.1) is 0 Å². The summed E-state index contributed by atoms with van der Waals surface area (Å²) in [6.45, 7) is 4.10. The van der Waals surface area contributed by atoms with Gasteiger partial charge in [0.2, 0.25) is 5.91 Å². The number of nitrogens with zero attached hydrogens (tertiary/aromatic N) is 1. The zero-order valence-corrected chi connectivity index (χ0v) is 12.3. The van der Waals surface area contributed by atoms with Gasteiger partial charge in [0.1, 0.15) is 0 Å². The van der Waals surface area contributed by atoms with Gasteiger partial charge in [-0.25, -0.2) is 0 Å². The first-order valence-electron chi connectivity index (χ1n) is 7.03. The van der Waals surface area contributed by atoms with E-state index in [4.69, 9.17) is 0 Å². The summed E-state index contributed by atoms with van der Waals surface area (Å²) in [5.74, 6) is 0.817. The van der Waals surface area contributed by atoms with Crippen LogP contribution in [0.2, 0.25) is 0 Å². The van der Waals surface area contributed by atoms with Crippen LogP contribution < -0.4 is 5.32 Å². The molecule has 1 aromatic rings. The summed E-state index contributed by atoms with van der Waals surface area (Å²) in [6, 6.07) is 8.64. The molecule has 1 fully saturated rings. The monoisotopic (exact) mass is 260 g/mol. The summed E-state index contributed by atoms with van der Waals surface area (Å²) in [6.07, 6.45) is 2.52. The number of rotatable bonds is 5. The van der Waals surface area contributed by atoms with Crippen LogP contribution in [0.3, 0.4) is 0 Å². The first-order chi connectivity index (χ1) is 9.00. The molecule has 0 bridgehead atoms. The molecule has 3 nitrogen and oxygen atoms in total.